The number of rotatable bonds is 8. The Labute approximate surface area is 106 Å². The van der Waals surface area contributed by atoms with E-state index in [0.717, 1.165) is 25.8 Å². The van der Waals surface area contributed by atoms with Gasteiger partial charge >= 0.3 is 0 Å². The summed E-state index contributed by atoms with van der Waals surface area (Å²) in [5.74, 6) is 3.31. The van der Waals surface area contributed by atoms with Crippen LogP contribution in [0.15, 0.2) is 0 Å². The number of hydrogen-bond acceptors (Lipinski definition) is 2. The van der Waals surface area contributed by atoms with E-state index in [1.807, 2.05) is 6.92 Å². The number of terminal acetylenes is 1. The van der Waals surface area contributed by atoms with Crippen LogP contribution in [0.5, 0.6) is 0 Å². The number of nitrogens with one attached hydrogen (secondary N) is 2. The van der Waals surface area contributed by atoms with Crippen molar-refractivity contribution in [1.82, 2.24) is 10.6 Å². The number of carbonyl (C=O) groups is 1. The van der Waals surface area contributed by atoms with Gasteiger partial charge in [0.05, 0.1) is 12.1 Å². The Morgan fingerprint density at radius 2 is 1.94 bits per heavy atom. The van der Waals surface area contributed by atoms with Gasteiger partial charge in [0.1, 0.15) is 0 Å². The summed E-state index contributed by atoms with van der Waals surface area (Å²) in [6, 6.07) is -0.236. The smallest absolute Gasteiger partial charge is 0.236 e. The fourth-order valence-corrected chi connectivity index (χ4v) is 1.52. The van der Waals surface area contributed by atoms with Crippen LogP contribution in [-0.4, -0.2) is 24.5 Å². The second kappa shape index (κ2) is 9.07. The number of hydrogen-bond donors (Lipinski definition) is 2. The maximum Gasteiger partial charge on any atom is 0.236 e. The molecule has 0 heterocycles. The number of amides is 1. The van der Waals surface area contributed by atoms with E-state index in [9.17, 15) is 4.79 Å². The van der Waals surface area contributed by atoms with Crippen LogP contribution in [0.2, 0.25) is 0 Å². The van der Waals surface area contributed by atoms with Crippen molar-refractivity contribution in [2.75, 3.05) is 6.54 Å². The quantitative estimate of drug-likeness (QED) is 0.634. The van der Waals surface area contributed by atoms with Gasteiger partial charge in [0, 0.05) is 6.54 Å². The summed E-state index contributed by atoms with van der Waals surface area (Å²) in [5, 5.41) is 6.07. The molecule has 0 saturated carbocycles. The zero-order chi connectivity index (χ0) is 13.3. The van der Waals surface area contributed by atoms with Crippen molar-refractivity contribution in [3.05, 3.63) is 0 Å². The highest BCUT2D eigenvalue weighted by Crippen LogP contribution is 1.99. The van der Waals surface area contributed by atoms with E-state index in [0.29, 0.717) is 5.92 Å². The summed E-state index contributed by atoms with van der Waals surface area (Å²) >= 11 is 0. The van der Waals surface area contributed by atoms with Crippen molar-refractivity contribution < 1.29 is 4.79 Å². The molecule has 98 valence electrons. The third-order valence-electron chi connectivity index (χ3n) is 2.64. The lowest BCUT2D eigenvalue weighted by atomic mass is 10.1. The average Bonchev–Trinajstić information content (AvgIpc) is 2.27. The molecule has 0 aliphatic rings. The normalized spacial score (nSPS) is 14.1. The molecule has 2 N–H and O–H groups in total. The highest BCUT2D eigenvalue weighted by molar-refractivity contribution is 5.81. The monoisotopic (exact) mass is 238 g/mol. The second-order valence-electron chi connectivity index (χ2n) is 4.87. The summed E-state index contributed by atoms with van der Waals surface area (Å²) in [5.41, 5.74) is 0. The molecule has 0 saturated heterocycles. The van der Waals surface area contributed by atoms with Crippen LogP contribution in [-0.2, 0) is 4.79 Å². The molecule has 2 unspecified atom stereocenters. The SMILES string of the molecule is C#CC(CCC)NC(C)C(=O)NCCC(C)C. The van der Waals surface area contributed by atoms with Gasteiger partial charge in [0.15, 0.2) is 0 Å². The minimum absolute atomic E-state index is 0.00847. The summed E-state index contributed by atoms with van der Waals surface area (Å²) in [4.78, 5) is 11.7. The van der Waals surface area contributed by atoms with Crippen molar-refractivity contribution in [1.29, 1.82) is 0 Å². The first-order valence-corrected chi connectivity index (χ1v) is 6.51. The van der Waals surface area contributed by atoms with Crippen LogP contribution in [0.3, 0.4) is 0 Å². The van der Waals surface area contributed by atoms with E-state index >= 15 is 0 Å². The van der Waals surface area contributed by atoms with Crippen LogP contribution in [0, 0.1) is 18.3 Å². The maximum atomic E-state index is 11.7. The van der Waals surface area contributed by atoms with Crippen LogP contribution >= 0.6 is 0 Å². The van der Waals surface area contributed by atoms with Crippen molar-refractivity contribution in [3.8, 4) is 12.3 Å². The molecular formula is C14H26N2O. The highest BCUT2D eigenvalue weighted by atomic mass is 16.2. The molecule has 0 fully saturated rings. The first kappa shape index (κ1) is 16.0. The van der Waals surface area contributed by atoms with Gasteiger partial charge < -0.3 is 5.32 Å². The summed E-state index contributed by atoms with van der Waals surface area (Å²) in [6.45, 7) is 8.95. The molecular weight excluding hydrogens is 212 g/mol. The molecule has 3 nitrogen and oxygen atoms in total. The summed E-state index contributed by atoms with van der Waals surface area (Å²) in [6.07, 6.45) is 8.33. The molecule has 0 bridgehead atoms. The van der Waals surface area contributed by atoms with Gasteiger partial charge in [-0.3, -0.25) is 10.1 Å². The van der Waals surface area contributed by atoms with Gasteiger partial charge in [-0.2, -0.15) is 0 Å². The highest BCUT2D eigenvalue weighted by Gasteiger charge is 2.15. The minimum atomic E-state index is -0.227. The molecule has 2 atom stereocenters. The average molecular weight is 238 g/mol. The molecule has 3 heteroatoms. The van der Waals surface area contributed by atoms with Crippen molar-refractivity contribution in [2.24, 2.45) is 5.92 Å². The summed E-state index contributed by atoms with van der Waals surface area (Å²) in [7, 11) is 0. The molecule has 0 aromatic heterocycles. The van der Waals surface area contributed by atoms with Crippen molar-refractivity contribution in [2.45, 2.75) is 59.0 Å². The minimum Gasteiger partial charge on any atom is -0.355 e. The Balaban J connectivity index is 3.92. The standard InChI is InChI=1S/C14H26N2O/c1-6-8-13(7-2)16-12(5)14(17)15-10-9-11(3)4/h2,11-13,16H,6,8-10H2,1,3-5H3,(H,15,17). The lowest BCUT2D eigenvalue weighted by molar-refractivity contribution is -0.122. The second-order valence-corrected chi connectivity index (χ2v) is 4.87. The molecule has 0 aromatic carbocycles. The van der Waals surface area contributed by atoms with Gasteiger partial charge in [-0.05, 0) is 25.7 Å². The van der Waals surface area contributed by atoms with Gasteiger partial charge in [0.2, 0.25) is 5.91 Å². The van der Waals surface area contributed by atoms with Crippen LogP contribution in [0.4, 0.5) is 0 Å². The molecule has 0 rings (SSSR count). The molecule has 0 radical (unpaired) electrons. The maximum absolute atomic E-state index is 11.7. The molecule has 0 spiro atoms. The van der Waals surface area contributed by atoms with E-state index in [-0.39, 0.29) is 18.0 Å². The molecule has 0 aliphatic carbocycles. The fourth-order valence-electron chi connectivity index (χ4n) is 1.52. The Bertz CT molecular complexity index is 255. The van der Waals surface area contributed by atoms with Gasteiger partial charge in [-0.25, -0.2) is 0 Å². The van der Waals surface area contributed by atoms with E-state index in [1.165, 1.54) is 0 Å². The topological polar surface area (TPSA) is 41.1 Å². The van der Waals surface area contributed by atoms with E-state index in [2.05, 4.69) is 37.3 Å². The van der Waals surface area contributed by atoms with E-state index in [1.54, 1.807) is 0 Å². The van der Waals surface area contributed by atoms with Crippen molar-refractivity contribution in [3.63, 3.8) is 0 Å². The molecule has 0 aromatic rings. The van der Waals surface area contributed by atoms with Crippen molar-refractivity contribution >= 4 is 5.91 Å². The Hall–Kier alpha value is -1.01. The fraction of sp³-hybridized carbons (Fsp3) is 0.786. The Kier molecular flexibility index (Phi) is 8.53. The first-order chi connectivity index (χ1) is 8.01. The Morgan fingerprint density at radius 1 is 1.29 bits per heavy atom. The van der Waals surface area contributed by atoms with Crippen LogP contribution < -0.4 is 10.6 Å². The lowest BCUT2D eigenvalue weighted by Crippen LogP contribution is -2.46. The van der Waals surface area contributed by atoms with Gasteiger partial charge in [0.25, 0.3) is 0 Å². The van der Waals surface area contributed by atoms with Crippen LogP contribution in [0.25, 0.3) is 0 Å². The summed E-state index contributed by atoms with van der Waals surface area (Å²) < 4.78 is 0. The number of carbonyl (C=O) groups excluding carboxylic acids is 1. The predicted molar refractivity (Wildman–Crippen MR) is 72.6 cm³/mol. The van der Waals surface area contributed by atoms with E-state index in [4.69, 9.17) is 6.42 Å². The lowest BCUT2D eigenvalue weighted by Gasteiger charge is -2.18. The molecule has 1 amide bonds. The zero-order valence-corrected chi connectivity index (χ0v) is 11.5. The largest absolute Gasteiger partial charge is 0.355 e. The predicted octanol–water partition coefficient (Wildman–Crippen LogP) is 1.93. The van der Waals surface area contributed by atoms with Gasteiger partial charge in [-0.15, -0.1) is 6.42 Å². The Morgan fingerprint density at radius 3 is 2.41 bits per heavy atom. The third kappa shape index (κ3) is 7.82. The third-order valence-corrected chi connectivity index (χ3v) is 2.64. The van der Waals surface area contributed by atoms with Gasteiger partial charge in [-0.1, -0.05) is 33.1 Å². The molecule has 17 heavy (non-hydrogen) atoms. The first-order valence-electron chi connectivity index (χ1n) is 6.51. The molecule has 0 aliphatic heterocycles. The zero-order valence-electron chi connectivity index (χ0n) is 11.5. The van der Waals surface area contributed by atoms with Crippen LogP contribution in [0.1, 0.15) is 47.0 Å². The van der Waals surface area contributed by atoms with E-state index < -0.39 is 0 Å².